The number of carbonyl (C=O) groups excluding carboxylic acids is 1. The number of aryl methyl sites for hydroxylation is 1. The number of rotatable bonds is 7. The van der Waals surface area contributed by atoms with Crippen molar-refractivity contribution in [3.05, 3.63) is 52.7 Å². The molecule has 3 aromatic rings. The van der Waals surface area contributed by atoms with Crippen LogP contribution in [0.3, 0.4) is 0 Å². The van der Waals surface area contributed by atoms with Gasteiger partial charge in [-0.25, -0.2) is 8.78 Å². The van der Waals surface area contributed by atoms with E-state index in [4.69, 9.17) is 14.7 Å². The lowest BCUT2D eigenvalue weighted by Crippen LogP contribution is -2.35. The molecule has 1 aliphatic carbocycles. The van der Waals surface area contributed by atoms with Gasteiger partial charge in [0.1, 0.15) is 11.6 Å². The fourth-order valence-electron chi connectivity index (χ4n) is 6.53. The van der Waals surface area contributed by atoms with Crippen LogP contribution in [-0.4, -0.2) is 76.5 Å². The number of alkyl halides is 2. The first-order valence-corrected chi connectivity index (χ1v) is 14.8. The number of ether oxygens (including phenoxy) is 1. The van der Waals surface area contributed by atoms with Crippen LogP contribution in [0.25, 0.3) is 10.8 Å². The Bertz CT molecular complexity index is 1520. The highest BCUT2D eigenvalue weighted by atomic mass is 19.3. The molecule has 1 unspecified atom stereocenters. The summed E-state index contributed by atoms with van der Waals surface area (Å²) in [5.41, 5.74) is 2.87. The Morgan fingerprint density at radius 2 is 1.93 bits per heavy atom. The van der Waals surface area contributed by atoms with Crippen LogP contribution in [0.15, 0.2) is 30.3 Å². The molecule has 1 saturated heterocycles. The molecule has 224 valence electrons. The lowest BCUT2D eigenvalue weighted by atomic mass is 9.98. The van der Waals surface area contributed by atoms with Crippen molar-refractivity contribution >= 4 is 22.5 Å². The van der Waals surface area contributed by atoms with Crippen molar-refractivity contribution < 1.29 is 23.4 Å². The van der Waals surface area contributed by atoms with Crippen LogP contribution < -0.4 is 9.64 Å². The van der Waals surface area contributed by atoms with Crippen molar-refractivity contribution in [3.8, 4) is 11.8 Å². The molecule has 1 atom stereocenters. The fourth-order valence-corrected chi connectivity index (χ4v) is 6.53. The Hall–Kier alpha value is -3.53. The summed E-state index contributed by atoms with van der Waals surface area (Å²) in [5, 5.41) is 12.0. The van der Waals surface area contributed by atoms with E-state index in [1.54, 1.807) is 11.0 Å². The van der Waals surface area contributed by atoms with Gasteiger partial charge in [0.2, 0.25) is 5.92 Å². The first-order chi connectivity index (χ1) is 19.9. The molecule has 1 N–H and O–H groups in total. The van der Waals surface area contributed by atoms with Gasteiger partial charge in [0.05, 0.1) is 31.0 Å². The molecule has 10 heteroatoms. The summed E-state index contributed by atoms with van der Waals surface area (Å²) in [6, 6.07) is 8.97. The minimum Gasteiger partial charge on any atom is -0.508 e. The number of amides is 1. The second-order valence-electron chi connectivity index (χ2n) is 12.8. The molecule has 42 heavy (non-hydrogen) atoms. The zero-order chi connectivity index (χ0) is 29.8. The number of aromatic nitrogens is 2. The zero-order valence-corrected chi connectivity index (χ0v) is 24.8. The van der Waals surface area contributed by atoms with Crippen molar-refractivity contribution in [2.24, 2.45) is 5.41 Å². The van der Waals surface area contributed by atoms with Gasteiger partial charge in [0.25, 0.3) is 5.91 Å². The quantitative estimate of drug-likeness (QED) is 0.394. The van der Waals surface area contributed by atoms with E-state index in [-0.39, 0.29) is 61.6 Å². The number of anilines is 1. The summed E-state index contributed by atoms with van der Waals surface area (Å²) >= 11 is 0. The molecule has 8 nitrogen and oxygen atoms in total. The summed E-state index contributed by atoms with van der Waals surface area (Å²) in [7, 11) is 4.09. The maximum absolute atomic E-state index is 14.4. The normalized spacial score (nSPS) is 21.0. The average Bonchev–Trinajstić information content (AvgIpc) is 3.58. The van der Waals surface area contributed by atoms with Crippen LogP contribution in [0.4, 0.5) is 14.6 Å². The second-order valence-corrected chi connectivity index (χ2v) is 12.8. The maximum Gasteiger partial charge on any atom is 0.318 e. The topological polar surface area (TPSA) is 82.0 Å². The predicted molar refractivity (Wildman–Crippen MR) is 157 cm³/mol. The minimum atomic E-state index is -2.72. The molecular formula is C32H39F2N5O3. The molecule has 3 heterocycles. The lowest BCUT2D eigenvalue weighted by Gasteiger charge is -2.30. The molecule has 2 fully saturated rings. The van der Waals surface area contributed by atoms with E-state index in [0.717, 1.165) is 41.3 Å². The Balaban J connectivity index is 1.34. The number of phenols is 1. The van der Waals surface area contributed by atoms with Gasteiger partial charge in [-0.05, 0) is 75.7 Å². The number of fused-ring (bicyclic) bond motifs is 2. The van der Waals surface area contributed by atoms with E-state index in [1.165, 1.54) is 6.07 Å². The highest BCUT2D eigenvalue weighted by molar-refractivity contribution is 6.09. The summed E-state index contributed by atoms with van der Waals surface area (Å²) in [6.07, 6.45) is 2.06. The maximum atomic E-state index is 14.4. The zero-order valence-electron chi connectivity index (χ0n) is 24.8. The summed E-state index contributed by atoms with van der Waals surface area (Å²) in [6.45, 7) is 5.93. The fraction of sp³-hybridized carbons (Fsp3) is 0.531. The van der Waals surface area contributed by atoms with Crippen LogP contribution in [-0.2, 0) is 13.1 Å². The third-order valence-corrected chi connectivity index (χ3v) is 8.99. The van der Waals surface area contributed by atoms with Crippen molar-refractivity contribution in [1.29, 1.82) is 0 Å². The molecule has 1 aromatic heterocycles. The first kappa shape index (κ1) is 28.6. The van der Waals surface area contributed by atoms with Crippen molar-refractivity contribution in [2.45, 2.75) is 71.0 Å². The van der Waals surface area contributed by atoms with Gasteiger partial charge < -0.3 is 24.5 Å². The van der Waals surface area contributed by atoms with Crippen molar-refractivity contribution in [2.75, 3.05) is 38.7 Å². The standard InChI is InChI=1S/C32H39F2N5O3/c1-20-6-5-7-22-14-23(40)15-24(27(20)22)29(41)38-16-25-26(17-38)35-30(42-19-31(10-11-31)18-37(3)4)36-28(25)39-13-12-32(33,34)9-8-21(39)2/h5-7,14-15,21,40H,8-13,16-19H2,1-4H3. The third-order valence-electron chi connectivity index (χ3n) is 8.99. The van der Waals surface area contributed by atoms with E-state index < -0.39 is 5.92 Å². The summed E-state index contributed by atoms with van der Waals surface area (Å²) in [4.78, 5) is 29.4. The van der Waals surface area contributed by atoms with Crippen LogP contribution >= 0.6 is 0 Å². The number of hydrogen-bond acceptors (Lipinski definition) is 7. The number of aromatic hydroxyl groups is 1. The Labute approximate surface area is 245 Å². The molecule has 0 bridgehead atoms. The third kappa shape index (κ3) is 5.61. The lowest BCUT2D eigenvalue weighted by molar-refractivity contribution is -0.0108. The molecule has 2 aromatic carbocycles. The SMILES string of the molecule is Cc1cccc2cc(O)cc(C(=O)N3Cc4nc(OCC5(CN(C)C)CC5)nc(N5CCC(F)(F)CCC5C)c4C3)c12. The van der Waals surface area contributed by atoms with Gasteiger partial charge in [-0.15, -0.1) is 0 Å². The highest BCUT2D eigenvalue weighted by Crippen LogP contribution is 2.46. The van der Waals surface area contributed by atoms with E-state index in [0.29, 0.717) is 30.1 Å². The van der Waals surface area contributed by atoms with Crippen LogP contribution in [0, 0.1) is 12.3 Å². The van der Waals surface area contributed by atoms with Gasteiger partial charge in [0, 0.05) is 43.0 Å². The smallest absolute Gasteiger partial charge is 0.318 e. The van der Waals surface area contributed by atoms with Crippen molar-refractivity contribution in [3.63, 3.8) is 0 Å². The number of carbonyl (C=O) groups is 1. The van der Waals surface area contributed by atoms with E-state index in [9.17, 15) is 18.7 Å². The summed E-state index contributed by atoms with van der Waals surface area (Å²) < 4.78 is 35.1. The van der Waals surface area contributed by atoms with Gasteiger partial charge in [-0.3, -0.25) is 4.79 Å². The van der Waals surface area contributed by atoms with Gasteiger partial charge in [-0.2, -0.15) is 9.97 Å². The molecule has 0 radical (unpaired) electrons. The van der Waals surface area contributed by atoms with Crippen molar-refractivity contribution in [1.82, 2.24) is 19.8 Å². The number of hydrogen-bond donors (Lipinski definition) is 1. The number of halogens is 2. The van der Waals surface area contributed by atoms with Gasteiger partial charge in [0.15, 0.2) is 0 Å². The highest BCUT2D eigenvalue weighted by Gasteiger charge is 2.44. The Morgan fingerprint density at radius 1 is 1.14 bits per heavy atom. The first-order valence-electron chi connectivity index (χ1n) is 14.8. The van der Waals surface area contributed by atoms with E-state index in [2.05, 4.69) is 4.90 Å². The molecule has 6 rings (SSSR count). The molecule has 1 saturated carbocycles. The molecule has 3 aliphatic rings. The minimum absolute atomic E-state index is 0.0235. The predicted octanol–water partition coefficient (Wildman–Crippen LogP) is 5.53. The number of phenolic OH excluding ortho intramolecular Hbond substituents is 1. The van der Waals surface area contributed by atoms with Crippen LogP contribution in [0.2, 0.25) is 0 Å². The van der Waals surface area contributed by atoms with E-state index >= 15 is 0 Å². The molecule has 1 amide bonds. The monoisotopic (exact) mass is 579 g/mol. The Kier molecular flexibility index (Phi) is 7.23. The second kappa shape index (κ2) is 10.6. The largest absolute Gasteiger partial charge is 0.508 e. The molecule has 2 aliphatic heterocycles. The van der Waals surface area contributed by atoms with Gasteiger partial charge >= 0.3 is 6.01 Å². The summed E-state index contributed by atoms with van der Waals surface area (Å²) in [5.74, 6) is -2.35. The van der Waals surface area contributed by atoms with Gasteiger partial charge in [-0.1, -0.05) is 18.2 Å². The van der Waals surface area contributed by atoms with E-state index in [1.807, 2.05) is 51.0 Å². The molecule has 0 spiro atoms. The van der Waals surface area contributed by atoms with Crippen LogP contribution in [0.1, 0.15) is 66.2 Å². The Morgan fingerprint density at radius 3 is 2.67 bits per heavy atom. The number of nitrogens with zero attached hydrogens (tertiary/aromatic N) is 5. The number of benzene rings is 2. The van der Waals surface area contributed by atoms with Crippen LogP contribution in [0.5, 0.6) is 11.8 Å². The molecular weight excluding hydrogens is 540 g/mol. The average molecular weight is 580 g/mol.